The number of pyridine rings is 1. The lowest BCUT2D eigenvalue weighted by Gasteiger charge is -2.29. The fourth-order valence-electron chi connectivity index (χ4n) is 3.25. The van der Waals surface area contributed by atoms with Crippen molar-refractivity contribution in [2.75, 3.05) is 0 Å². The summed E-state index contributed by atoms with van der Waals surface area (Å²) in [6, 6.07) is 2.12. The molecule has 2 nitrogen and oxygen atoms in total. The summed E-state index contributed by atoms with van der Waals surface area (Å²) in [6.07, 6.45) is -3.31. The number of hydrogen-bond acceptors (Lipinski definition) is 2. The quantitative estimate of drug-likeness (QED) is 0.780. The van der Waals surface area contributed by atoms with Gasteiger partial charge in [-0.05, 0) is 30.2 Å². The summed E-state index contributed by atoms with van der Waals surface area (Å²) in [5.74, 6) is -0.0893. The van der Waals surface area contributed by atoms with Crippen molar-refractivity contribution in [2.24, 2.45) is 11.3 Å². The average molecular weight is 308 g/mol. The Morgan fingerprint density at radius 2 is 1.95 bits per heavy atom. The molecule has 0 aromatic carbocycles. The molecule has 1 saturated carbocycles. The summed E-state index contributed by atoms with van der Waals surface area (Å²) in [4.78, 5) is 3.40. The molecule has 1 aliphatic rings. The van der Waals surface area contributed by atoms with Gasteiger partial charge >= 0.3 is 6.18 Å². The van der Waals surface area contributed by atoms with E-state index in [2.05, 4.69) is 4.98 Å². The first kappa shape index (κ1) is 15.6. The highest BCUT2D eigenvalue weighted by Crippen LogP contribution is 2.53. The van der Waals surface area contributed by atoms with Gasteiger partial charge in [-0.15, -0.1) is 0 Å². The zero-order chi connectivity index (χ0) is 15.3. The van der Waals surface area contributed by atoms with Gasteiger partial charge < -0.3 is 5.11 Å². The summed E-state index contributed by atoms with van der Waals surface area (Å²) >= 11 is 5.89. The highest BCUT2D eigenvalue weighted by atomic mass is 35.5. The molecular formula is C14H17ClF3NO. The molecule has 0 radical (unpaired) electrons. The fraction of sp³-hybridized carbons (Fsp3) is 0.643. The smallest absolute Gasteiger partial charge is 0.385 e. The van der Waals surface area contributed by atoms with Crippen LogP contribution in [0.15, 0.2) is 12.1 Å². The van der Waals surface area contributed by atoms with E-state index in [0.717, 1.165) is 12.5 Å². The maximum atomic E-state index is 12.6. The third-order valence-electron chi connectivity index (χ3n) is 4.03. The van der Waals surface area contributed by atoms with Gasteiger partial charge in [0, 0.05) is 5.56 Å². The zero-order valence-corrected chi connectivity index (χ0v) is 12.3. The molecule has 0 saturated heterocycles. The molecule has 6 heteroatoms. The van der Waals surface area contributed by atoms with Crippen LogP contribution in [-0.4, -0.2) is 10.1 Å². The van der Waals surface area contributed by atoms with Crippen molar-refractivity contribution in [1.29, 1.82) is 0 Å². The summed E-state index contributed by atoms with van der Waals surface area (Å²) in [5, 5.41) is 10.6. The van der Waals surface area contributed by atoms with E-state index < -0.39 is 17.5 Å². The van der Waals surface area contributed by atoms with Crippen molar-refractivity contribution in [3.05, 3.63) is 28.5 Å². The molecular weight excluding hydrogens is 291 g/mol. The van der Waals surface area contributed by atoms with E-state index in [4.69, 9.17) is 11.6 Å². The van der Waals surface area contributed by atoms with Crippen molar-refractivity contribution in [2.45, 2.75) is 45.4 Å². The Hall–Kier alpha value is -0.810. The summed E-state index contributed by atoms with van der Waals surface area (Å²) < 4.78 is 37.8. The second-order valence-electron chi connectivity index (χ2n) is 6.40. The molecule has 2 unspecified atom stereocenters. The molecule has 2 rings (SSSR count). The van der Waals surface area contributed by atoms with Gasteiger partial charge in [0.1, 0.15) is 10.8 Å². The van der Waals surface area contributed by atoms with Crippen molar-refractivity contribution in [3.63, 3.8) is 0 Å². The van der Waals surface area contributed by atoms with Gasteiger partial charge in [0.15, 0.2) is 0 Å². The second-order valence-corrected chi connectivity index (χ2v) is 6.76. The van der Waals surface area contributed by atoms with Crippen LogP contribution in [0.5, 0.6) is 0 Å². The second kappa shape index (κ2) is 4.60. The van der Waals surface area contributed by atoms with Crippen LogP contribution in [0.1, 0.15) is 44.9 Å². The number of rotatable bonds is 1. The van der Waals surface area contributed by atoms with E-state index in [0.29, 0.717) is 6.42 Å². The van der Waals surface area contributed by atoms with Gasteiger partial charge in [0.2, 0.25) is 0 Å². The third-order valence-corrected chi connectivity index (χ3v) is 4.32. The van der Waals surface area contributed by atoms with E-state index in [1.54, 1.807) is 0 Å². The van der Waals surface area contributed by atoms with Crippen LogP contribution in [-0.2, 0) is 11.8 Å². The first-order chi connectivity index (χ1) is 8.96. The minimum atomic E-state index is -4.54. The number of nitrogens with zero attached hydrogens (tertiary/aromatic N) is 1. The highest BCUT2D eigenvalue weighted by Gasteiger charge is 2.50. The van der Waals surface area contributed by atoms with Crippen LogP contribution in [0, 0.1) is 11.3 Å². The molecule has 0 aliphatic heterocycles. The normalized spacial score (nSPS) is 29.7. The van der Waals surface area contributed by atoms with E-state index in [1.165, 1.54) is 6.07 Å². The topological polar surface area (TPSA) is 33.1 Å². The first-order valence-corrected chi connectivity index (χ1v) is 6.80. The summed E-state index contributed by atoms with van der Waals surface area (Å²) in [5.41, 5.74) is -2.07. The Labute approximate surface area is 121 Å². The van der Waals surface area contributed by atoms with E-state index in [9.17, 15) is 18.3 Å². The van der Waals surface area contributed by atoms with Gasteiger partial charge in [-0.1, -0.05) is 38.4 Å². The lowest BCUT2D eigenvalue weighted by atomic mass is 9.84. The van der Waals surface area contributed by atoms with Crippen molar-refractivity contribution in [3.8, 4) is 0 Å². The van der Waals surface area contributed by atoms with Crippen molar-refractivity contribution >= 4 is 11.6 Å². The molecule has 0 bridgehead atoms. The molecule has 112 valence electrons. The molecule has 1 heterocycles. The van der Waals surface area contributed by atoms with Gasteiger partial charge in [0.05, 0.1) is 5.60 Å². The van der Waals surface area contributed by atoms with Crippen LogP contribution in [0.2, 0.25) is 5.15 Å². The van der Waals surface area contributed by atoms with Gasteiger partial charge in [0.25, 0.3) is 0 Å². The Balaban J connectivity index is 2.44. The number of halogens is 4. The molecule has 2 atom stereocenters. The van der Waals surface area contributed by atoms with Crippen LogP contribution in [0.4, 0.5) is 13.2 Å². The number of aromatic nitrogens is 1. The Kier molecular flexibility index (Phi) is 3.58. The molecule has 1 aromatic heterocycles. The number of aliphatic hydroxyl groups is 1. The van der Waals surface area contributed by atoms with Crippen molar-refractivity contribution in [1.82, 2.24) is 4.98 Å². The molecule has 0 spiro atoms. The summed E-state index contributed by atoms with van der Waals surface area (Å²) in [6.45, 7) is 5.92. The Morgan fingerprint density at radius 3 is 2.35 bits per heavy atom. The average Bonchev–Trinajstić information content (AvgIpc) is 2.46. The van der Waals surface area contributed by atoms with Crippen LogP contribution in [0.25, 0.3) is 0 Å². The lowest BCUT2D eigenvalue weighted by Crippen LogP contribution is -2.30. The van der Waals surface area contributed by atoms with E-state index in [-0.39, 0.29) is 22.0 Å². The molecule has 1 aliphatic carbocycles. The maximum Gasteiger partial charge on any atom is 0.433 e. The molecule has 1 aromatic rings. The Morgan fingerprint density at radius 1 is 1.35 bits per heavy atom. The largest absolute Gasteiger partial charge is 0.433 e. The van der Waals surface area contributed by atoms with Gasteiger partial charge in [-0.3, -0.25) is 0 Å². The molecule has 20 heavy (non-hydrogen) atoms. The van der Waals surface area contributed by atoms with Gasteiger partial charge in [-0.2, -0.15) is 13.2 Å². The maximum absolute atomic E-state index is 12.6. The number of alkyl halides is 3. The minimum absolute atomic E-state index is 0.0831. The monoisotopic (exact) mass is 307 g/mol. The third kappa shape index (κ3) is 2.66. The fourth-order valence-corrected chi connectivity index (χ4v) is 3.57. The van der Waals surface area contributed by atoms with Crippen LogP contribution >= 0.6 is 11.6 Å². The predicted molar refractivity (Wildman–Crippen MR) is 70.3 cm³/mol. The Bertz CT molecular complexity index is 530. The highest BCUT2D eigenvalue weighted by molar-refractivity contribution is 6.30. The zero-order valence-electron chi connectivity index (χ0n) is 11.6. The molecule has 1 N–H and O–H groups in total. The van der Waals surface area contributed by atoms with Crippen LogP contribution in [0.3, 0.4) is 0 Å². The van der Waals surface area contributed by atoms with E-state index in [1.807, 2.05) is 20.8 Å². The van der Waals surface area contributed by atoms with Gasteiger partial charge in [-0.25, -0.2) is 4.98 Å². The minimum Gasteiger partial charge on any atom is -0.385 e. The number of hydrogen-bond donors (Lipinski definition) is 1. The van der Waals surface area contributed by atoms with Crippen molar-refractivity contribution < 1.29 is 18.3 Å². The van der Waals surface area contributed by atoms with Crippen LogP contribution < -0.4 is 0 Å². The SMILES string of the molecule is CC1CC(C)(C)CC1(O)c1ccc(C(F)(F)F)nc1Cl. The molecule has 0 amide bonds. The standard InChI is InChI=1S/C14H17ClF3NO/c1-8-6-12(2,3)7-13(8,20)9-4-5-10(14(16,17)18)19-11(9)15/h4-5,8,20H,6-7H2,1-3H3. The molecule has 1 fully saturated rings. The van der Waals surface area contributed by atoms with E-state index >= 15 is 0 Å². The first-order valence-electron chi connectivity index (χ1n) is 6.42. The summed E-state index contributed by atoms with van der Waals surface area (Å²) in [7, 11) is 0. The lowest BCUT2D eigenvalue weighted by molar-refractivity contribution is -0.141. The predicted octanol–water partition coefficient (Wildman–Crippen LogP) is 4.40.